The maximum Gasteiger partial charge on any atom is 0.125 e. The molecule has 0 aliphatic rings. The van der Waals surface area contributed by atoms with Crippen molar-refractivity contribution < 1.29 is 9.84 Å². The Morgan fingerprint density at radius 2 is 1.87 bits per heavy atom. The zero-order chi connectivity index (χ0) is 11.4. The molecule has 1 unspecified atom stereocenters. The van der Waals surface area contributed by atoms with E-state index in [1.165, 1.54) is 0 Å². The van der Waals surface area contributed by atoms with E-state index in [0.717, 1.165) is 22.4 Å². The molecule has 0 amide bonds. The number of rotatable bonds is 4. The number of aryl methyl sites for hydroxylation is 2. The highest BCUT2D eigenvalue weighted by molar-refractivity contribution is 5.43. The molecule has 0 spiro atoms. The van der Waals surface area contributed by atoms with Crippen LogP contribution in [0.25, 0.3) is 0 Å². The number of nitrogens with two attached hydrogens (primary N) is 1. The highest BCUT2D eigenvalue weighted by atomic mass is 16.5. The molecule has 0 saturated heterocycles. The van der Waals surface area contributed by atoms with Crippen LogP contribution >= 0.6 is 0 Å². The molecular weight excluding hydrogens is 190 g/mol. The van der Waals surface area contributed by atoms with Crippen LogP contribution in [0.15, 0.2) is 12.1 Å². The lowest BCUT2D eigenvalue weighted by molar-refractivity contribution is 0.122. The fourth-order valence-electron chi connectivity index (χ4n) is 1.59. The Morgan fingerprint density at radius 3 is 2.27 bits per heavy atom. The summed E-state index contributed by atoms with van der Waals surface area (Å²) in [5.41, 5.74) is 8.82. The van der Waals surface area contributed by atoms with Gasteiger partial charge < -0.3 is 15.6 Å². The summed E-state index contributed by atoms with van der Waals surface area (Å²) in [6.45, 7) is 6.55. The van der Waals surface area contributed by atoms with E-state index < -0.39 is 6.10 Å². The summed E-state index contributed by atoms with van der Waals surface area (Å²) in [5, 5.41) is 9.15. The van der Waals surface area contributed by atoms with Gasteiger partial charge in [-0.25, -0.2) is 0 Å². The first kappa shape index (κ1) is 12.0. The number of aliphatic hydroxyl groups is 1. The summed E-state index contributed by atoms with van der Waals surface area (Å²) in [6, 6.07) is 4.04. The van der Waals surface area contributed by atoms with E-state index in [1.54, 1.807) is 6.92 Å². The van der Waals surface area contributed by atoms with E-state index >= 15 is 0 Å². The summed E-state index contributed by atoms with van der Waals surface area (Å²) in [5.74, 6) is 0.855. The Morgan fingerprint density at radius 1 is 1.33 bits per heavy atom. The topological polar surface area (TPSA) is 55.5 Å². The van der Waals surface area contributed by atoms with Crippen molar-refractivity contribution >= 4 is 0 Å². The van der Waals surface area contributed by atoms with E-state index in [1.807, 2.05) is 26.0 Å². The average Bonchev–Trinajstić information content (AvgIpc) is 2.15. The molecule has 1 aromatic carbocycles. The standard InChI is InChI=1S/C12H19NO2/c1-8-4-11(6-13)5-9(2)12(8)15-7-10(3)14/h4-5,10,14H,6-7,13H2,1-3H3. The van der Waals surface area contributed by atoms with Crippen molar-refractivity contribution in [3.8, 4) is 5.75 Å². The molecule has 0 saturated carbocycles. The SMILES string of the molecule is Cc1cc(CN)cc(C)c1OCC(C)O. The van der Waals surface area contributed by atoms with Crippen LogP contribution in [-0.2, 0) is 6.54 Å². The third kappa shape index (κ3) is 3.22. The zero-order valence-electron chi connectivity index (χ0n) is 9.58. The summed E-state index contributed by atoms with van der Waals surface area (Å²) in [7, 11) is 0. The Bertz CT molecular complexity index is 311. The summed E-state index contributed by atoms with van der Waals surface area (Å²) in [6.07, 6.45) is -0.446. The predicted octanol–water partition coefficient (Wildman–Crippen LogP) is 1.52. The van der Waals surface area contributed by atoms with Gasteiger partial charge in [0.15, 0.2) is 0 Å². The van der Waals surface area contributed by atoms with Gasteiger partial charge in [-0.1, -0.05) is 12.1 Å². The van der Waals surface area contributed by atoms with Crippen LogP contribution in [0, 0.1) is 13.8 Å². The summed E-state index contributed by atoms with van der Waals surface area (Å²) >= 11 is 0. The molecule has 1 aromatic rings. The maximum absolute atomic E-state index is 9.15. The van der Waals surface area contributed by atoms with Crippen LogP contribution < -0.4 is 10.5 Å². The van der Waals surface area contributed by atoms with Gasteiger partial charge in [0, 0.05) is 6.54 Å². The first-order chi connectivity index (χ1) is 7.04. The zero-order valence-corrected chi connectivity index (χ0v) is 9.58. The van der Waals surface area contributed by atoms with E-state index in [9.17, 15) is 0 Å². The van der Waals surface area contributed by atoms with Gasteiger partial charge in [0.05, 0.1) is 6.10 Å². The minimum Gasteiger partial charge on any atom is -0.490 e. The second-order valence-electron chi connectivity index (χ2n) is 3.92. The summed E-state index contributed by atoms with van der Waals surface area (Å²) < 4.78 is 5.54. The Hall–Kier alpha value is -1.06. The summed E-state index contributed by atoms with van der Waals surface area (Å²) in [4.78, 5) is 0. The lowest BCUT2D eigenvalue weighted by atomic mass is 10.1. The van der Waals surface area contributed by atoms with Crippen molar-refractivity contribution in [3.05, 3.63) is 28.8 Å². The van der Waals surface area contributed by atoms with Crippen LogP contribution in [0.5, 0.6) is 5.75 Å². The molecule has 0 radical (unpaired) electrons. The number of aliphatic hydroxyl groups excluding tert-OH is 1. The minimum atomic E-state index is -0.446. The number of benzene rings is 1. The first-order valence-electron chi connectivity index (χ1n) is 5.15. The maximum atomic E-state index is 9.15. The molecule has 0 aromatic heterocycles. The normalized spacial score (nSPS) is 12.6. The predicted molar refractivity (Wildman–Crippen MR) is 61.0 cm³/mol. The third-order valence-electron chi connectivity index (χ3n) is 2.22. The average molecular weight is 209 g/mol. The molecule has 84 valence electrons. The van der Waals surface area contributed by atoms with Gasteiger partial charge in [0.1, 0.15) is 12.4 Å². The second-order valence-corrected chi connectivity index (χ2v) is 3.92. The van der Waals surface area contributed by atoms with E-state index in [0.29, 0.717) is 13.2 Å². The molecule has 0 aliphatic heterocycles. The van der Waals surface area contributed by atoms with Gasteiger partial charge >= 0.3 is 0 Å². The number of hydrogen-bond acceptors (Lipinski definition) is 3. The molecular formula is C12H19NO2. The Kier molecular flexibility index (Phi) is 4.12. The fourth-order valence-corrected chi connectivity index (χ4v) is 1.59. The highest BCUT2D eigenvalue weighted by Crippen LogP contribution is 2.24. The molecule has 3 heteroatoms. The molecule has 1 atom stereocenters. The molecule has 3 nitrogen and oxygen atoms in total. The third-order valence-corrected chi connectivity index (χ3v) is 2.22. The van der Waals surface area contributed by atoms with Gasteiger partial charge in [-0.3, -0.25) is 0 Å². The lowest BCUT2D eigenvalue weighted by Crippen LogP contribution is -2.14. The van der Waals surface area contributed by atoms with Gasteiger partial charge in [-0.15, -0.1) is 0 Å². The van der Waals surface area contributed by atoms with Crippen LogP contribution in [0.3, 0.4) is 0 Å². The van der Waals surface area contributed by atoms with Crippen molar-refractivity contribution in [2.75, 3.05) is 6.61 Å². The molecule has 0 aliphatic carbocycles. The van der Waals surface area contributed by atoms with Gasteiger partial charge in [-0.05, 0) is 37.5 Å². The van der Waals surface area contributed by atoms with Crippen molar-refractivity contribution in [2.24, 2.45) is 5.73 Å². The van der Waals surface area contributed by atoms with E-state index in [4.69, 9.17) is 15.6 Å². The van der Waals surface area contributed by atoms with Crippen molar-refractivity contribution in [1.29, 1.82) is 0 Å². The van der Waals surface area contributed by atoms with Crippen LogP contribution in [0.4, 0.5) is 0 Å². The quantitative estimate of drug-likeness (QED) is 0.790. The minimum absolute atomic E-state index is 0.323. The molecule has 0 fully saturated rings. The Balaban J connectivity index is 2.88. The van der Waals surface area contributed by atoms with Crippen molar-refractivity contribution in [2.45, 2.75) is 33.4 Å². The highest BCUT2D eigenvalue weighted by Gasteiger charge is 2.07. The number of hydrogen-bond donors (Lipinski definition) is 2. The van der Waals surface area contributed by atoms with Gasteiger partial charge in [-0.2, -0.15) is 0 Å². The van der Waals surface area contributed by atoms with E-state index in [2.05, 4.69) is 0 Å². The van der Waals surface area contributed by atoms with Crippen molar-refractivity contribution in [3.63, 3.8) is 0 Å². The second kappa shape index (κ2) is 5.14. The van der Waals surface area contributed by atoms with E-state index in [-0.39, 0.29) is 0 Å². The molecule has 15 heavy (non-hydrogen) atoms. The van der Waals surface area contributed by atoms with Gasteiger partial charge in [0.2, 0.25) is 0 Å². The van der Waals surface area contributed by atoms with Crippen LogP contribution in [0.2, 0.25) is 0 Å². The first-order valence-corrected chi connectivity index (χ1v) is 5.15. The van der Waals surface area contributed by atoms with Gasteiger partial charge in [0.25, 0.3) is 0 Å². The monoisotopic (exact) mass is 209 g/mol. The largest absolute Gasteiger partial charge is 0.490 e. The Labute approximate surface area is 90.9 Å². The van der Waals surface area contributed by atoms with Crippen LogP contribution in [0.1, 0.15) is 23.6 Å². The fraction of sp³-hybridized carbons (Fsp3) is 0.500. The number of ether oxygens (including phenoxy) is 1. The lowest BCUT2D eigenvalue weighted by Gasteiger charge is -2.14. The smallest absolute Gasteiger partial charge is 0.125 e. The molecule has 3 N–H and O–H groups in total. The molecule has 0 heterocycles. The van der Waals surface area contributed by atoms with Crippen LogP contribution in [-0.4, -0.2) is 17.8 Å². The molecule has 0 bridgehead atoms. The van der Waals surface area contributed by atoms with Crippen molar-refractivity contribution in [1.82, 2.24) is 0 Å². The molecule has 1 rings (SSSR count).